The van der Waals surface area contributed by atoms with Crippen molar-refractivity contribution in [3.8, 4) is 5.75 Å². The number of amides is 1. The van der Waals surface area contributed by atoms with Gasteiger partial charge >= 0.3 is 5.97 Å². The fraction of sp³-hybridized carbons (Fsp3) is 0.304. The van der Waals surface area contributed by atoms with Crippen molar-refractivity contribution < 1.29 is 19.4 Å². The Kier molecular flexibility index (Phi) is 6.79. The molecule has 4 rings (SSSR count). The Hall–Kier alpha value is -3.59. The van der Waals surface area contributed by atoms with Crippen molar-refractivity contribution in [3.63, 3.8) is 0 Å². The lowest BCUT2D eigenvalue weighted by atomic mass is 9.93. The largest absolute Gasteiger partial charge is 0.497 e. The molecule has 0 saturated carbocycles. The number of carboxylic acids is 1. The van der Waals surface area contributed by atoms with Crippen LogP contribution in [0.1, 0.15) is 48.9 Å². The van der Waals surface area contributed by atoms with E-state index in [4.69, 9.17) is 21.4 Å². The fourth-order valence-electron chi connectivity index (χ4n) is 3.84. The fourth-order valence-corrected chi connectivity index (χ4v) is 3.96. The summed E-state index contributed by atoms with van der Waals surface area (Å²) in [6.45, 7) is 0. The van der Waals surface area contributed by atoms with Gasteiger partial charge in [-0.25, -0.2) is 4.68 Å². The van der Waals surface area contributed by atoms with Crippen LogP contribution in [0.4, 0.5) is 11.9 Å². The van der Waals surface area contributed by atoms with Crippen LogP contribution < -0.4 is 15.4 Å². The van der Waals surface area contributed by atoms with E-state index in [9.17, 15) is 9.59 Å². The van der Waals surface area contributed by atoms with Crippen molar-refractivity contribution in [1.82, 2.24) is 14.8 Å². The van der Waals surface area contributed by atoms with Gasteiger partial charge in [0.2, 0.25) is 11.9 Å². The summed E-state index contributed by atoms with van der Waals surface area (Å²) in [6.07, 6.45) is 0.971. The predicted molar refractivity (Wildman–Crippen MR) is 124 cm³/mol. The van der Waals surface area contributed by atoms with Crippen molar-refractivity contribution in [2.24, 2.45) is 0 Å². The summed E-state index contributed by atoms with van der Waals surface area (Å²) in [5.41, 5.74) is 2.09. The topological polar surface area (TPSA) is 118 Å². The van der Waals surface area contributed by atoms with Gasteiger partial charge in [0.1, 0.15) is 5.75 Å². The zero-order valence-electron chi connectivity index (χ0n) is 18.0. The van der Waals surface area contributed by atoms with E-state index >= 15 is 0 Å². The molecular formula is C23H24ClN5O4. The van der Waals surface area contributed by atoms with Gasteiger partial charge < -0.3 is 15.2 Å². The van der Waals surface area contributed by atoms with Crippen molar-refractivity contribution in [3.05, 3.63) is 64.7 Å². The van der Waals surface area contributed by atoms with E-state index in [0.29, 0.717) is 17.4 Å². The second-order valence-corrected chi connectivity index (χ2v) is 8.21. The number of halogens is 1. The molecule has 0 saturated heterocycles. The number of fused-ring (bicyclic) bond motifs is 1. The van der Waals surface area contributed by atoms with E-state index in [0.717, 1.165) is 16.9 Å². The molecule has 2 atom stereocenters. The van der Waals surface area contributed by atoms with Gasteiger partial charge in [0.15, 0.2) is 0 Å². The van der Waals surface area contributed by atoms with Crippen molar-refractivity contribution in [2.75, 3.05) is 17.7 Å². The number of methoxy groups -OCH3 is 1. The second-order valence-electron chi connectivity index (χ2n) is 7.77. The average Bonchev–Trinajstić information content (AvgIpc) is 3.21. The van der Waals surface area contributed by atoms with Crippen LogP contribution in [0.2, 0.25) is 5.02 Å². The summed E-state index contributed by atoms with van der Waals surface area (Å²) in [6, 6.07) is 15.3. The van der Waals surface area contributed by atoms with Crippen molar-refractivity contribution in [2.45, 2.75) is 37.8 Å². The maximum atomic E-state index is 12.2. The minimum absolute atomic E-state index is 0.0348. The highest BCUT2D eigenvalue weighted by Crippen LogP contribution is 2.38. The summed E-state index contributed by atoms with van der Waals surface area (Å²) in [5.74, 6) is 0.224. The highest BCUT2D eigenvalue weighted by atomic mass is 35.5. The first kappa shape index (κ1) is 22.6. The van der Waals surface area contributed by atoms with Gasteiger partial charge in [0.05, 0.1) is 19.2 Å². The van der Waals surface area contributed by atoms with Crippen LogP contribution in [-0.4, -0.2) is 38.9 Å². The van der Waals surface area contributed by atoms with Crippen LogP contribution >= 0.6 is 11.6 Å². The number of anilines is 2. The summed E-state index contributed by atoms with van der Waals surface area (Å²) in [4.78, 5) is 27.3. The first-order valence-electron chi connectivity index (χ1n) is 10.6. The molecule has 1 amide bonds. The molecule has 1 aromatic heterocycles. The number of hydrogen-bond donors (Lipinski definition) is 3. The summed E-state index contributed by atoms with van der Waals surface area (Å²) < 4.78 is 7.02. The molecule has 3 N–H and O–H groups in total. The second kappa shape index (κ2) is 9.91. The standard InChI is InChI=1S/C23H24ClN5O4/c1-33-17-11-7-14(8-12-17)18-13-19(15-5-9-16(24)10-6-15)29-23(25-18)27-22(28-29)26-20(30)3-2-4-21(31)32/h5-12,18-19H,2-4,13H2,1H3,(H,31,32)(H2,25,26,27,28,30)/t18-,19-/m1/s1. The number of rotatable bonds is 8. The molecule has 0 spiro atoms. The Morgan fingerprint density at radius 2 is 1.85 bits per heavy atom. The lowest BCUT2D eigenvalue weighted by molar-refractivity contribution is -0.137. The van der Waals surface area contributed by atoms with Crippen LogP contribution in [0.25, 0.3) is 0 Å². The molecule has 0 bridgehead atoms. The molecule has 0 aliphatic carbocycles. The third kappa shape index (κ3) is 5.43. The summed E-state index contributed by atoms with van der Waals surface area (Å²) >= 11 is 6.08. The molecule has 172 valence electrons. The van der Waals surface area contributed by atoms with Gasteiger partial charge in [-0.15, -0.1) is 5.10 Å². The van der Waals surface area contributed by atoms with Crippen molar-refractivity contribution in [1.29, 1.82) is 0 Å². The van der Waals surface area contributed by atoms with Gasteiger partial charge in [-0.05, 0) is 48.2 Å². The SMILES string of the molecule is COc1ccc([C@H]2C[C@H](c3ccc(Cl)cc3)n3nc(NC(=O)CCCC(=O)O)nc3N2)cc1. The Balaban J connectivity index is 1.59. The number of benzene rings is 2. The van der Waals surface area contributed by atoms with E-state index in [2.05, 4.69) is 20.7 Å². The molecule has 0 fully saturated rings. The van der Waals surface area contributed by atoms with Crippen LogP contribution in [-0.2, 0) is 9.59 Å². The van der Waals surface area contributed by atoms with Gasteiger partial charge in [-0.3, -0.25) is 14.9 Å². The lowest BCUT2D eigenvalue weighted by Gasteiger charge is -2.31. The molecule has 2 heterocycles. The van der Waals surface area contributed by atoms with E-state index in [1.54, 1.807) is 11.8 Å². The number of ether oxygens (including phenoxy) is 1. The highest BCUT2D eigenvalue weighted by Gasteiger charge is 2.31. The van der Waals surface area contributed by atoms with Crippen molar-refractivity contribution >= 4 is 35.4 Å². The number of nitrogens with zero attached hydrogens (tertiary/aromatic N) is 3. The maximum absolute atomic E-state index is 12.2. The van der Waals surface area contributed by atoms with Crippen LogP contribution in [0.3, 0.4) is 0 Å². The van der Waals surface area contributed by atoms with E-state index in [1.165, 1.54) is 0 Å². The number of hydrogen-bond acceptors (Lipinski definition) is 6. The first-order valence-corrected chi connectivity index (χ1v) is 10.9. The number of carbonyl (C=O) groups is 2. The predicted octanol–water partition coefficient (Wildman–Crippen LogP) is 4.28. The monoisotopic (exact) mass is 469 g/mol. The molecule has 10 heteroatoms. The number of nitrogens with one attached hydrogen (secondary N) is 2. The molecule has 0 unspecified atom stereocenters. The summed E-state index contributed by atoms with van der Waals surface area (Å²) in [5, 5.41) is 20.0. The third-order valence-corrected chi connectivity index (χ3v) is 5.76. The molecular weight excluding hydrogens is 446 g/mol. The van der Waals surface area contributed by atoms with Gasteiger partial charge in [-0.2, -0.15) is 4.98 Å². The Morgan fingerprint density at radius 1 is 1.15 bits per heavy atom. The highest BCUT2D eigenvalue weighted by molar-refractivity contribution is 6.30. The van der Waals surface area contributed by atoms with Crippen LogP contribution in [0, 0.1) is 0 Å². The number of carboxylic acid groups (broad SMARTS) is 1. The Labute approximate surface area is 195 Å². The maximum Gasteiger partial charge on any atom is 0.303 e. The normalized spacial score (nSPS) is 17.0. The minimum atomic E-state index is -0.932. The van der Waals surface area contributed by atoms with Gasteiger partial charge in [0.25, 0.3) is 5.95 Å². The van der Waals surface area contributed by atoms with Gasteiger partial charge in [-0.1, -0.05) is 35.9 Å². The van der Waals surface area contributed by atoms with Gasteiger partial charge in [0, 0.05) is 17.9 Å². The Bertz CT molecular complexity index is 1130. The molecule has 0 radical (unpaired) electrons. The average molecular weight is 470 g/mol. The smallest absolute Gasteiger partial charge is 0.303 e. The minimum Gasteiger partial charge on any atom is -0.497 e. The van der Waals surface area contributed by atoms with E-state index < -0.39 is 5.97 Å². The summed E-state index contributed by atoms with van der Waals surface area (Å²) in [7, 11) is 1.63. The van der Waals surface area contributed by atoms with Crippen LogP contribution in [0.15, 0.2) is 48.5 Å². The Morgan fingerprint density at radius 3 is 2.52 bits per heavy atom. The molecule has 9 nitrogen and oxygen atoms in total. The lowest BCUT2D eigenvalue weighted by Crippen LogP contribution is -2.28. The molecule has 2 aromatic carbocycles. The molecule has 1 aliphatic heterocycles. The number of aromatic nitrogens is 3. The number of aliphatic carboxylic acids is 1. The zero-order valence-corrected chi connectivity index (χ0v) is 18.7. The van der Waals surface area contributed by atoms with E-state index in [1.807, 2.05) is 48.5 Å². The molecule has 3 aromatic rings. The first-order chi connectivity index (χ1) is 15.9. The van der Waals surface area contributed by atoms with Crippen LogP contribution in [0.5, 0.6) is 5.75 Å². The van der Waals surface area contributed by atoms with E-state index in [-0.39, 0.29) is 43.2 Å². The molecule has 33 heavy (non-hydrogen) atoms. The third-order valence-electron chi connectivity index (χ3n) is 5.51. The molecule has 1 aliphatic rings. The zero-order chi connectivity index (χ0) is 23.4. The number of carbonyl (C=O) groups excluding carboxylic acids is 1. The quantitative estimate of drug-likeness (QED) is 0.450.